The number of nitrogens with one attached hydrogen (secondary N) is 1. The largest absolute Gasteiger partial charge is 0.494 e. The standard InChI is InChI=1S/C16H27NO/c1-13(17-5)7-6-12-18-15-10-8-14(9-11-15)16(2,3)4/h8-11,13,17H,6-7,12H2,1-5H3. The number of hydrogen-bond acceptors (Lipinski definition) is 2. The van der Waals surface area contributed by atoms with Gasteiger partial charge in [0.1, 0.15) is 5.75 Å². The fourth-order valence-electron chi connectivity index (χ4n) is 1.78. The third-order valence-electron chi connectivity index (χ3n) is 3.26. The molecule has 1 N–H and O–H groups in total. The molecule has 18 heavy (non-hydrogen) atoms. The van der Waals surface area contributed by atoms with Crippen molar-refractivity contribution < 1.29 is 4.74 Å². The first kappa shape index (κ1) is 15.0. The van der Waals surface area contributed by atoms with E-state index in [1.54, 1.807) is 0 Å². The Morgan fingerprint density at radius 3 is 2.28 bits per heavy atom. The quantitative estimate of drug-likeness (QED) is 0.775. The highest BCUT2D eigenvalue weighted by Gasteiger charge is 2.12. The van der Waals surface area contributed by atoms with Gasteiger partial charge in [0.15, 0.2) is 0 Å². The van der Waals surface area contributed by atoms with Crippen LogP contribution >= 0.6 is 0 Å². The molecule has 0 fully saturated rings. The van der Waals surface area contributed by atoms with Crippen molar-refractivity contribution in [2.75, 3.05) is 13.7 Å². The van der Waals surface area contributed by atoms with Crippen LogP contribution in [0.15, 0.2) is 24.3 Å². The predicted molar refractivity (Wildman–Crippen MR) is 78.4 cm³/mol. The lowest BCUT2D eigenvalue weighted by Crippen LogP contribution is -2.21. The average Bonchev–Trinajstić information content (AvgIpc) is 2.33. The summed E-state index contributed by atoms with van der Waals surface area (Å²) in [6.07, 6.45) is 2.24. The summed E-state index contributed by atoms with van der Waals surface area (Å²) in [5.74, 6) is 0.972. The van der Waals surface area contributed by atoms with Crippen LogP contribution in [-0.2, 0) is 5.41 Å². The summed E-state index contributed by atoms with van der Waals surface area (Å²) >= 11 is 0. The molecular formula is C16H27NO. The molecular weight excluding hydrogens is 222 g/mol. The molecule has 0 amide bonds. The summed E-state index contributed by atoms with van der Waals surface area (Å²) in [5.41, 5.74) is 1.56. The monoisotopic (exact) mass is 249 g/mol. The molecule has 0 aliphatic carbocycles. The van der Waals surface area contributed by atoms with Crippen LogP contribution in [0.5, 0.6) is 5.75 Å². The summed E-state index contributed by atoms with van der Waals surface area (Å²) in [5, 5.41) is 3.23. The van der Waals surface area contributed by atoms with Crippen LogP contribution in [0.25, 0.3) is 0 Å². The van der Waals surface area contributed by atoms with Crippen LogP contribution in [0.2, 0.25) is 0 Å². The van der Waals surface area contributed by atoms with E-state index >= 15 is 0 Å². The van der Waals surface area contributed by atoms with Gasteiger partial charge in [-0.2, -0.15) is 0 Å². The van der Waals surface area contributed by atoms with Gasteiger partial charge in [-0.05, 0) is 49.9 Å². The van der Waals surface area contributed by atoms with Crippen molar-refractivity contribution in [1.29, 1.82) is 0 Å². The van der Waals surface area contributed by atoms with Crippen molar-refractivity contribution in [2.24, 2.45) is 0 Å². The molecule has 1 rings (SSSR count). The number of rotatable bonds is 6. The molecule has 1 aromatic rings. The molecule has 0 radical (unpaired) electrons. The fourth-order valence-corrected chi connectivity index (χ4v) is 1.78. The zero-order chi connectivity index (χ0) is 13.6. The molecule has 1 aromatic carbocycles. The first-order chi connectivity index (χ1) is 8.43. The topological polar surface area (TPSA) is 21.3 Å². The van der Waals surface area contributed by atoms with E-state index in [9.17, 15) is 0 Å². The highest BCUT2D eigenvalue weighted by atomic mass is 16.5. The Bertz CT molecular complexity index is 337. The van der Waals surface area contributed by atoms with Gasteiger partial charge in [0.2, 0.25) is 0 Å². The molecule has 1 atom stereocenters. The van der Waals surface area contributed by atoms with Gasteiger partial charge in [-0.15, -0.1) is 0 Å². The van der Waals surface area contributed by atoms with E-state index in [0.717, 1.165) is 25.2 Å². The summed E-state index contributed by atoms with van der Waals surface area (Å²) in [4.78, 5) is 0. The third kappa shape index (κ3) is 5.09. The van der Waals surface area contributed by atoms with E-state index in [0.29, 0.717) is 6.04 Å². The first-order valence-electron chi connectivity index (χ1n) is 6.84. The van der Waals surface area contributed by atoms with Crippen LogP contribution in [0.3, 0.4) is 0 Å². The van der Waals surface area contributed by atoms with Crippen LogP contribution in [0.4, 0.5) is 0 Å². The van der Waals surface area contributed by atoms with Gasteiger partial charge in [-0.1, -0.05) is 32.9 Å². The van der Waals surface area contributed by atoms with Crippen LogP contribution in [-0.4, -0.2) is 19.7 Å². The Labute approximate surface area is 112 Å². The van der Waals surface area contributed by atoms with E-state index in [4.69, 9.17) is 4.74 Å². The Morgan fingerprint density at radius 2 is 1.78 bits per heavy atom. The van der Waals surface area contributed by atoms with Gasteiger partial charge in [-0.3, -0.25) is 0 Å². The van der Waals surface area contributed by atoms with E-state index < -0.39 is 0 Å². The lowest BCUT2D eigenvalue weighted by atomic mass is 9.87. The molecule has 0 spiro atoms. The van der Waals surface area contributed by atoms with Gasteiger partial charge >= 0.3 is 0 Å². The van der Waals surface area contributed by atoms with Gasteiger partial charge in [-0.25, -0.2) is 0 Å². The highest BCUT2D eigenvalue weighted by Crippen LogP contribution is 2.24. The van der Waals surface area contributed by atoms with E-state index in [1.165, 1.54) is 5.56 Å². The van der Waals surface area contributed by atoms with E-state index in [-0.39, 0.29) is 5.41 Å². The van der Waals surface area contributed by atoms with Crippen molar-refractivity contribution in [3.05, 3.63) is 29.8 Å². The molecule has 0 aromatic heterocycles. The number of benzene rings is 1. The molecule has 1 unspecified atom stereocenters. The van der Waals surface area contributed by atoms with Crippen molar-refractivity contribution in [1.82, 2.24) is 5.32 Å². The molecule has 0 saturated heterocycles. The Morgan fingerprint density at radius 1 is 1.17 bits per heavy atom. The van der Waals surface area contributed by atoms with Crippen LogP contribution < -0.4 is 10.1 Å². The highest BCUT2D eigenvalue weighted by molar-refractivity contribution is 5.31. The second-order valence-corrected chi connectivity index (χ2v) is 5.95. The van der Waals surface area contributed by atoms with Crippen LogP contribution in [0, 0.1) is 0 Å². The van der Waals surface area contributed by atoms with Gasteiger partial charge in [0, 0.05) is 6.04 Å². The van der Waals surface area contributed by atoms with E-state index in [1.807, 2.05) is 7.05 Å². The SMILES string of the molecule is CNC(C)CCCOc1ccc(C(C)(C)C)cc1. The van der Waals surface area contributed by atoms with Gasteiger partial charge < -0.3 is 10.1 Å². The Hall–Kier alpha value is -1.02. The van der Waals surface area contributed by atoms with Crippen molar-refractivity contribution in [3.63, 3.8) is 0 Å². The van der Waals surface area contributed by atoms with E-state index in [2.05, 4.69) is 57.3 Å². The molecule has 0 aliphatic rings. The molecule has 0 saturated carbocycles. The fraction of sp³-hybridized carbons (Fsp3) is 0.625. The van der Waals surface area contributed by atoms with Crippen LogP contribution in [0.1, 0.15) is 46.1 Å². The first-order valence-corrected chi connectivity index (χ1v) is 6.84. The molecule has 0 bridgehead atoms. The molecule has 2 heteroatoms. The smallest absolute Gasteiger partial charge is 0.119 e. The zero-order valence-electron chi connectivity index (χ0n) is 12.4. The third-order valence-corrected chi connectivity index (χ3v) is 3.26. The maximum atomic E-state index is 5.74. The summed E-state index contributed by atoms with van der Waals surface area (Å²) in [6.45, 7) is 9.66. The van der Waals surface area contributed by atoms with Gasteiger partial charge in [0.25, 0.3) is 0 Å². The van der Waals surface area contributed by atoms with Gasteiger partial charge in [0.05, 0.1) is 6.61 Å². The lowest BCUT2D eigenvalue weighted by molar-refractivity contribution is 0.299. The average molecular weight is 249 g/mol. The summed E-state index contributed by atoms with van der Waals surface area (Å²) in [7, 11) is 2.00. The second-order valence-electron chi connectivity index (χ2n) is 5.95. The lowest BCUT2D eigenvalue weighted by Gasteiger charge is -2.19. The molecule has 102 valence electrons. The second kappa shape index (κ2) is 6.79. The van der Waals surface area contributed by atoms with Crippen molar-refractivity contribution in [3.8, 4) is 5.75 Å². The minimum Gasteiger partial charge on any atom is -0.494 e. The maximum absolute atomic E-state index is 5.74. The van der Waals surface area contributed by atoms with Crippen molar-refractivity contribution in [2.45, 2.75) is 52.0 Å². The Balaban J connectivity index is 2.36. The zero-order valence-corrected chi connectivity index (χ0v) is 12.4. The minimum absolute atomic E-state index is 0.209. The molecule has 0 heterocycles. The number of hydrogen-bond donors (Lipinski definition) is 1. The Kier molecular flexibility index (Phi) is 5.67. The molecule has 2 nitrogen and oxygen atoms in total. The van der Waals surface area contributed by atoms with Crippen molar-refractivity contribution >= 4 is 0 Å². The summed E-state index contributed by atoms with van der Waals surface area (Å²) in [6, 6.07) is 9.03. The normalized spacial score (nSPS) is 13.4. The molecule has 0 aliphatic heterocycles. The number of ether oxygens (including phenoxy) is 1. The maximum Gasteiger partial charge on any atom is 0.119 e. The predicted octanol–water partition coefficient (Wildman–Crippen LogP) is 3.75. The summed E-state index contributed by atoms with van der Waals surface area (Å²) < 4.78 is 5.74. The minimum atomic E-state index is 0.209.